The van der Waals surface area contributed by atoms with E-state index < -0.39 is 0 Å². The summed E-state index contributed by atoms with van der Waals surface area (Å²) in [4.78, 5) is 26.7. The van der Waals surface area contributed by atoms with Crippen molar-refractivity contribution in [2.75, 3.05) is 5.73 Å². The third-order valence-electron chi connectivity index (χ3n) is 7.40. The Labute approximate surface area is 199 Å². The molecule has 3 fully saturated rings. The Balaban J connectivity index is 1.44. The number of nitrogens with two attached hydrogens (primary N) is 1. The molecule has 0 aliphatic heterocycles. The maximum absolute atomic E-state index is 13.7. The number of anilines is 1. The number of hydrogen-bond donors (Lipinski definition) is 2. The molecule has 174 valence electrons. The Morgan fingerprint density at radius 3 is 2.57 bits per heavy atom. The molecule has 1 amide bonds. The number of carbonyl (C=O) groups is 1. The van der Waals surface area contributed by atoms with Crippen LogP contribution in [0, 0.1) is 11.7 Å². The van der Waals surface area contributed by atoms with Gasteiger partial charge in [-0.1, -0.05) is 6.07 Å². The van der Waals surface area contributed by atoms with E-state index in [9.17, 15) is 9.18 Å². The normalized spacial score (nSPS) is 20.6. The van der Waals surface area contributed by atoms with Gasteiger partial charge in [0.1, 0.15) is 11.5 Å². The first-order valence-electron chi connectivity index (χ1n) is 11.6. The highest BCUT2D eigenvalue weighted by Gasteiger charge is 2.57. The topological polar surface area (TPSA) is 103 Å². The van der Waals surface area contributed by atoms with Crippen LogP contribution in [0.5, 0.6) is 0 Å². The van der Waals surface area contributed by atoms with Crippen molar-refractivity contribution < 1.29 is 9.18 Å². The molecule has 3 aliphatic carbocycles. The summed E-state index contributed by atoms with van der Waals surface area (Å²) in [5, 5.41) is 3.17. The highest BCUT2D eigenvalue weighted by Crippen LogP contribution is 2.57. The van der Waals surface area contributed by atoms with E-state index in [1.54, 1.807) is 24.7 Å². The minimum atomic E-state index is -0.337. The number of carbonyl (C=O) groups excluding carboxylic acids is 1. The molecule has 5 aromatic rings. The van der Waals surface area contributed by atoms with Gasteiger partial charge in [-0.3, -0.25) is 9.20 Å². The summed E-state index contributed by atoms with van der Waals surface area (Å²) < 4.78 is 17.4. The molecule has 0 unspecified atom stereocenters. The number of amides is 1. The fraction of sp³-hybridized carbons (Fsp3) is 0.231. The lowest BCUT2D eigenvalue weighted by molar-refractivity contribution is -0.0439. The molecule has 3 heterocycles. The zero-order valence-corrected chi connectivity index (χ0v) is 19.0. The monoisotopic (exact) mass is 467 g/mol. The van der Waals surface area contributed by atoms with Gasteiger partial charge < -0.3 is 15.6 Å². The number of benzene rings is 2. The standard InChI is InChI=1S/C26H22FN7O/c1-33-13-29-18-7-4-16(8-20(18)33)22-21(15-2-5-17(27)6-3-15)31-23(28)24-30-19(12-34(22)24)25(35)32-26-9-14(10-26)11-26/h2-8,12-14H,9-11H2,1H3,(H2,28,31)(H,32,35). The zero-order valence-electron chi connectivity index (χ0n) is 19.0. The summed E-state index contributed by atoms with van der Waals surface area (Å²) in [6, 6.07) is 12.0. The average molecular weight is 468 g/mol. The lowest BCUT2D eigenvalue weighted by Gasteiger charge is -2.61. The van der Waals surface area contributed by atoms with Crippen LogP contribution in [-0.4, -0.2) is 35.4 Å². The molecule has 0 saturated heterocycles. The van der Waals surface area contributed by atoms with Crippen molar-refractivity contribution in [1.82, 2.24) is 29.2 Å². The van der Waals surface area contributed by atoms with Crippen molar-refractivity contribution in [3.05, 3.63) is 66.5 Å². The predicted molar refractivity (Wildman–Crippen MR) is 130 cm³/mol. The van der Waals surface area contributed by atoms with Gasteiger partial charge in [-0.2, -0.15) is 0 Å². The molecule has 2 aromatic carbocycles. The molecule has 9 heteroatoms. The first-order valence-corrected chi connectivity index (χ1v) is 11.6. The number of rotatable bonds is 4. The summed E-state index contributed by atoms with van der Waals surface area (Å²) in [5.74, 6) is 0.403. The van der Waals surface area contributed by atoms with Gasteiger partial charge in [0, 0.05) is 29.9 Å². The molecule has 3 aliphatic rings. The molecular weight excluding hydrogens is 445 g/mol. The second-order valence-corrected chi connectivity index (χ2v) is 9.79. The highest BCUT2D eigenvalue weighted by atomic mass is 19.1. The van der Waals surface area contributed by atoms with E-state index in [4.69, 9.17) is 5.73 Å². The van der Waals surface area contributed by atoms with Gasteiger partial charge in [-0.05, 0) is 61.6 Å². The largest absolute Gasteiger partial charge is 0.381 e. The van der Waals surface area contributed by atoms with Gasteiger partial charge in [0.2, 0.25) is 0 Å². The number of aryl methyl sites for hydroxylation is 1. The van der Waals surface area contributed by atoms with Crippen LogP contribution in [0.15, 0.2) is 55.0 Å². The lowest BCUT2D eigenvalue weighted by atomic mass is 9.50. The highest BCUT2D eigenvalue weighted by molar-refractivity contribution is 5.95. The van der Waals surface area contributed by atoms with Crippen molar-refractivity contribution in [2.45, 2.75) is 24.8 Å². The Bertz CT molecular complexity index is 1650. The van der Waals surface area contributed by atoms with Crippen LogP contribution in [0.25, 0.3) is 39.2 Å². The Morgan fingerprint density at radius 2 is 1.86 bits per heavy atom. The molecule has 2 bridgehead atoms. The van der Waals surface area contributed by atoms with E-state index in [1.807, 2.05) is 34.2 Å². The first-order chi connectivity index (χ1) is 16.9. The number of nitrogens with zero attached hydrogens (tertiary/aromatic N) is 5. The van der Waals surface area contributed by atoms with Gasteiger partial charge in [0.05, 0.1) is 28.7 Å². The number of nitrogens with one attached hydrogen (secondary N) is 1. The minimum Gasteiger partial charge on any atom is -0.381 e. The Kier molecular flexibility index (Phi) is 3.96. The second kappa shape index (κ2) is 6.88. The van der Waals surface area contributed by atoms with E-state index in [0.29, 0.717) is 28.3 Å². The van der Waals surface area contributed by atoms with Crippen molar-refractivity contribution >= 4 is 28.4 Å². The fourth-order valence-electron chi connectivity index (χ4n) is 5.47. The number of aromatic nitrogens is 5. The first kappa shape index (κ1) is 20.1. The molecule has 8 nitrogen and oxygen atoms in total. The molecule has 35 heavy (non-hydrogen) atoms. The van der Waals surface area contributed by atoms with Gasteiger partial charge in [0.15, 0.2) is 11.5 Å². The van der Waals surface area contributed by atoms with E-state index in [-0.39, 0.29) is 23.1 Å². The van der Waals surface area contributed by atoms with Crippen molar-refractivity contribution in [3.63, 3.8) is 0 Å². The van der Waals surface area contributed by atoms with E-state index in [1.165, 1.54) is 12.1 Å². The molecule has 3 saturated carbocycles. The third kappa shape index (κ3) is 2.97. The quantitative estimate of drug-likeness (QED) is 0.417. The molecular formula is C26H22FN7O. The summed E-state index contributed by atoms with van der Waals surface area (Å²) in [6.07, 6.45) is 6.60. The van der Waals surface area contributed by atoms with Gasteiger partial charge in [-0.15, -0.1) is 0 Å². The molecule has 3 aromatic heterocycles. The van der Waals surface area contributed by atoms with Crippen LogP contribution in [0.3, 0.4) is 0 Å². The summed E-state index contributed by atoms with van der Waals surface area (Å²) in [6.45, 7) is 0. The Hall–Kier alpha value is -4.27. The minimum absolute atomic E-state index is 0.0615. The van der Waals surface area contributed by atoms with Crippen LogP contribution < -0.4 is 11.1 Å². The van der Waals surface area contributed by atoms with E-state index >= 15 is 0 Å². The number of hydrogen-bond acceptors (Lipinski definition) is 5. The van der Waals surface area contributed by atoms with Gasteiger partial charge in [-0.25, -0.2) is 19.3 Å². The van der Waals surface area contributed by atoms with E-state index in [2.05, 4.69) is 20.3 Å². The SMILES string of the molecule is Cn1cnc2ccc(-c3c(-c4ccc(F)cc4)nc(N)c4nc(C(=O)NC56CC(C5)C6)cn34)cc21. The number of fused-ring (bicyclic) bond motifs is 2. The van der Waals surface area contributed by atoms with Crippen LogP contribution in [0.4, 0.5) is 10.2 Å². The van der Waals surface area contributed by atoms with E-state index in [0.717, 1.165) is 41.8 Å². The smallest absolute Gasteiger partial charge is 0.271 e. The predicted octanol–water partition coefficient (Wildman–Crippen LogP) is 3.95. The molecule has 3 N–H and O–H groups in total. The summed E-state index contributed by atoms with van der Waals surface area (Å²) in [7, 11) is 1.93. The number of halogens is 1. The van der Waals surface area contributed by atoms with Crippen LogP contribution in [0.1, 0.15) is 29.8 Å². The molecule has 8 rings (SSSR count). The lowest BCUT2D eigenvalue weighted by Crippen LogP contribution is -2.68. The van der Waals surface area contributed by atoms with Crippen LogP contribution in [-0.2, 0) is 7.05 Å². The second-order valence-electron chi connectivity index (χ2n) is 9.79. The maximum atomic E-state index is 13.7. The van der Waals surface area contributed by atoms with Gasteiger partial charge in [0.25, 0.3) is 5.91 Å². The number of nitrogen functional groups attached to an aromatic ring is 1. The van der Waals surface area contributed by atoms with Crippen molar-refractivity contribution in [2.24, 2.45) is 13.0 Å². The van der Waals surface area contributed by atoms with Crippen LogP contribution >= 0.6 is 0 Å². The molecule has 0 spiro atoms. The fourth-order valence-corrected chi connectivity index (χ4v) is 5.47. The Morgan fingerprint density at radius 1 is 1.11 bits per heavy atom. The van der Waals surface area contributed by atoms with Gasteiger partial charge >= 0.3 is 0 Å². The summed E-state index contributed by atoms with van der Waals surface area (Å²) in [5.41, 5.74) is 11.6. The zero-order chi connectivity index (χ0) is 23.9. The third-order valence-corrected chi connectivity index (χ3v) is 7.40. The number of imidazole rings is 2. The van der Waals surface area contributed by atoms with Crippen LogP contribution in [0.2, 0.25) is 0 Å². The summed E-state index contributed by atoms with van der Waals surface area (Å²) >= 11 is 0. The molecule has 0 atom stereocenters. The molecule has 0 radical (unpaired) electrons. The van der Waals surface area contributed by atoms with Crippen molar-refractivity contribution in [1.29, 1.82) is 0 Å². The average Bonchev–Trinajstić information content (AvgIpc) is 3.40. The van der Waals surface area contributed by atoms with Crippen molar-refractivity contribution in [3.8, 4) is 22.5 Å². The maximum Gasteiger partial charge on any atom is 0.271 e.